The van der Waals surface area contributed by atoms with Gasteiger partial charge in [-0.1, -0.05) is 149 Å². The second-order valence-corrected chi connectivity index (χ2v) is 22.3. The molecule has 2 aromatic heterocycles. The van der Waals surface area contributed by atoms with Gasteiger partial charge in [-0.15, -0.1) is 0 Å². The number of carbonyl (C=O) groups is 1. The second-order valence-electron chi connectivity index (χ2n) is 20.1. The number of sulfone groups is 1. The van der Waals surface area contributed by atoms with Gasteiger partial charge in [0.25, 0.3) is 0 Å². The number of hydrogen-bond acceptors (Lipinski definition) is 8. The lowest BCUT2D eigenvalue weighted by Crippen LogP contribution is -2.38. The maximum absolute atomic E-state index is 17.4. The van der Waals surface area contributed by atoms with Crippen molar-refractivity contribution in [2.45, 2.75) is 95.0 Å². The van der Waals surface area contributed by atoms with Crippen molar-refractivity contribution in [2.24, 2.45) is 0 Å². The van der Waals surface area contributed by atoms with E-state index in [-0.39, 0.29) is 29.4 Å². The van der Waals surface area contributed by atoms with Crippen molar-refractivity contribution in [1.29, 1.82) is 0 Å². The van der Waals surface area contributed by atoms with Gasteiger partial charge in [-0.3, -0.25) is 4.68 Å². The van der Waals surface area contributed by atoms with Crippen LogP contribution in [0.3, 0.4) is 0 Å². The van der Waals surface area contributed by atoms with Crippen LogP contribution in [0, 0.1) is 12.7 Å². The van der Waals surface area contributed by atoms with Crippen LogP contribution in [-0.2, 0) is 20.8 Å². The zero-order valence-electron chi connectivity index (χ0n) is 41.2. The molecule has 2 fully saturated rings. The summed E-state index contributed by atoms with van der Waals surface area (Å²) in [5.41, 5.74) is 6.23. The molecule has 3 heterocycles. The molecule has 1 aliphatic heterocycles. The molecule has 13 heteroatoms. The molecule has 11 nitrogen and oxygen atoms in total. The third kappa shape index (κ3) is 8.27. The SMILES string of the molecule is CCS(=O)(=O)c1nc(N(C)[C@H]2CCN(C(=O)O)C2)c2c(O[C@@H](C)c3ccccc3)c(C3CC3)c(-c3c(C)c(F)cc4nn(C(c5ccccc5)(c5ccccc5)c5ccccc5)cc34)c(C(C)(C)C)c2n1. The number of rotatable bonds is 13. The average molecular weight is 971 g/mol. The van der Waals surface area contributed by atoms with Crippen LogP contribution in [0.5, 0.6) is 5.75 Å². The lowest BCUT2D eigenvalue weighted by molar-refractivity contribution is 0.155. The third-order valence-electron chi connectivity index (χ3n) is 14.5. The predicted octanol–water partition coefficient (Wildman–Crippen LogP) is 12.2. The van der Waals surface area contributed by atoms with Crippen molar-refractivity contribution < 1.29 is 27.4 Å². The molecule has 2 atom stereocenters. The molecule has 6 aromatic carbocycles. The maximum Gasteiger partial charge on any atom is 0.407 e. The summed E-state index contributed by atoms with van der Waals surface area (Å²) in [6.45, 7) is 12.1. The Labute approximate surface area is 414 Å². The van der Waals surface area contributed by atoms with Gasteiger partial charge in [0.15, 0.2) is 0 Å². The summed E-state index contributed by atoms with van der Waals surface area (Å²) < 4.78 is 55.2. The van der Waals surface area contributed by atoms with E-state index in [1.165, 1.54) is 11.0 Å². The van der Waals surface area contributed by atoms with Gasteiger partial charge in [0.2, 0.25) is 15.0 Å². The largest absolute Gasteiger partial charge is 0.485 e. The van der Waals surface area contributed by atoms with Crippen LogP contribution in [0.25, 0.3) is 32.9 Å². The lowest BCUT2D eigenvalue weighted by atomic mass is 9.75. The van der Waals surface area contributed by atoms with Crippen LogP contribution in [0.15, 0.2) is 139 Å². The number of carboxylic acid groups (broad SMARTS) is 1. The van der Waals surface area contributed by atoms with E-state index >= 15 is 4.39 Å². The number of amides is 1. The standard InChI is InChI=1S/C58H59FN6O5S/c1-8-71(68,69)55-60-52-50(54(61-55)63(7)43-31-32-64(34-43)56(66)67)53(70-37(3)38-21-13-9-14-22-38)48(39-29-30-39)49(51(52)57(4,5)6)47-36(2)45(59)33-46-44(47)35-65(62-46)58(40-23-15-10-16-24-40,41-25-17-11-18-26-41)42-27-19-12-20-28-42/h9-28,33,35,37,39,43H,8,29-32,34H2,1-7H3,(H,66,67)/t37-,43-/m0/s1. The highest BCUT2D eigenvalue weighted by Gasteiger charge is 2.43. The molecule has 2 aliphatic rings. The number of aromatic nitrogens is 4. The number of fused-ring (bicyclic) bond motifs is 2. The fourth-order valence-corrected chi connectivity index (χ4v) is 11.5. The van der Waals surface area contributed by atoms with Crippen molar-refractivity contribution in [1.82, 2.24) is 24.6 Å². The Kier molecular flexibility index (Phi) is 12.2. The van der Waals surface area contributed by atoms with E-state index in [9.17, 15) is 18.3 Å². The van der Waals surface area contributed by atoms with Crippen molar-refractivity contribution in [3.8, 4) is 16.9 Å². The summed E-state index contributed by atoms with van der Waals surface area (Å²) in [6.07, 6.45) is 2.69. The summed E-state index contributed by atoms with van der Waals surface area (Å²) in [4.78, 5) is 25.6. The van der Waals surface area contributed by atoms with Crippen LogP contribution in [-0.4, -0.2) is 76.2 Å². The van der Waals surface area contributed by atoms with E-state index in [1.54, 1.807) is 13.8 Å². The number of halogens is 1. The zero-order chi connectivity index (χ0) is 50.0. The predicted molar refractivity (Wildman–Crippen MR) is 278 cm³/mol. The van der Waals surface area contributed by atoms with Gasteiger partial charge >= 0.3 is 6.09 Å². The normalized spacial score (nSPS) is 15.9. The number of benzene rings is 6. The molecular formula is C58H59FN6O5S. The molecule has 1 amide bonds. The fraction of sp³-hybridized carbons (Fsp3) is 0.310. The number of ether oxygens (including phenoxy) is 1. The van der Waals surface area contributed by atoms with E-state index in [2.05, 4.69) is 57.2 Å². The lowest BCUT2D eigenvalue weighted by Gasteiger charge is -2.36. The maximum atomic E-state index is 17.4. The van der Waals surface area contributed by atoms with E-state index in [1.807, 2.05) is 115 Å². The fourth-order valence-electron chi connectivity index (χ4n) is 10.8. The Morgan fingerprint density at radius 3 is 1.93 bits per heavy atom. The van der Waals surface area contributed by atoms with E-state index in [0.717, 1.165) is 51.8 Å². The molecule has 71 heavy (non-hydrogen) atoms. The van der Waals surface area contributed by atoms with E-state index in [0.29, 0.717) is 57.5 Å². The minimum atomic E-state index is -4.04. The first-order valence-corrected chi connectivity index (χ1v) is 26.1. The van der Waals surface area contributed by atoms with Gasteiger partial charge in [0.05, 0.1) is 22.2 Å². The molecule has 1 saturated carbocycles. The highest BCUT2D eigenvalue weighted by molar-refractivity contribution is 7.91. The van der Waals surface area contributed by atoms with Crippen LogP contribution in [0.2, 0.25) is 0 Å². The van der Waals surface area contributed by atoms with Gasteiger partial charge in [-0.2, -0.15) is 5.10 Å². The molecule has 364 valence electrons. The topological polar surface area (TPSA) is 131 Å². The van der Waals surface area contributed by atoms with Gasteiger partial charge < -0.3 is 19.6 Å². The Morgan fingerprint density at radius 2 is 1.42 bits per heavy atom. The molecule has 0 bridgehead atoms. The van der Waals surface area contributed by atoms with E-state index in [4.69, 9.17) is 19.8 Å². The molecule has 0 unspecified atom stereocenters. The Balaban J connectivity index is 1.37. The van der Waals surface area contributed by atoms with Crippen molar-refractivity contribution in [3.63, 3.8) is 0 Å². The molecule has 0 radical (unpaired) electrons. The van der Waals surface area contributed by atoms with Gasteiger partial charge in [0, 0.05) is 49.4 Å². The van der Waals surface area contributed by atoms with Crippen LogP contribution >= 0.6 is 0 Å². The third-order valence-corrected chi connectivity index (χ3v) is 16.0. The van der Waals surface area contributed by atoms with Gasteiger partial charge in [-0.25, -0.2) is 27.6 Å². The smallest absolute Gasteiger partial charge is 0.407 e. The van der Waals surface area contributed by atoms with Crippen molar-refractivity contribution in [3.05, 3.63) is 178 Å². The number of likely N-dealkylation sites (N-methyl/N-ethyl adjacent to an activating group) is 1. The number of likely N-dealkylation sites (tertiary alicyclic amines) is 1. The summed E-state index contributed by atoms with van der Waals surface area (Å²) in [5.74, 6) is 0.114. The average Bonchev–Trinajstić information content (AvgIpc) is 3.92. The molecular weight excluding hydrogens is 912 g/mol. The molecule has 1 saturated heterocycles. The van der Waals surface area contributed by atoms with Crippen LogP contribution < -0.4 is 9.64 Å². The van der Waals surface area contributed by atoms with Crippen LogP contribution in [0.1, 0.15) is 105 Å². The number of anilines is 1. The van der Waals surface area contributed by atoms with Crippen LogP contribution in [0.4, 0.5) is 15.0 Å². The number of nitrogens with zero attached hydrogens (tertiary/aromatic N) is 6. The van der Waals surface area contributed by atoms with Gasteiger partial charge in [-0.05, 0) is 89.0 Å². The van der Waals surface area contributed by atoms with Crippen molar-refractivity contribution in [2.75, 3.05) is 30.8 Å². The first-order chi connectivity index (χ1) is 34.0. The molecule has 0 spiro atoms. The summed E-state index contributed by atoms with van der Waals surface area (Å²) in [6, 6.07) is 41.8. The number of hydrogen-bond donors (Lipinski definition) is 1. The summed E-state index contributed by atoms with van der Waals surface area (Å²) in [5, 5.41) is 16.3. The highest BCUT2D eigenvalue weighted by Crippen LogP contribution is 2.58. The van der Waals surface area contributed by atoms with E-state index < -0.39 is 38.8 Å². The molecule has 1 aliphatic carbocycles. The first-order valence-electron chi connectivity index (χ1n) is 24.5. The quantitative estimate of drug-likeness (QED) is 0.0886. The van der Waals surface area contributed by atoms with Crippen molar-refractivity contribution >= 4 is 43.6 Å². The molecule has 1 N–H and O–H groups in total. The minimum Gasteiger partial charge on any atom is -0.485 e. The Bertz CT molecular complexity index is 3320. The zero-order valence-corrected chi connectivity index (χ0v) is 42.0. The Morgan fingerprint density at radius 1 is 0.859 bits per heavy atom. The molecule has 10 rings (SSSR count). The highest BCUT2D eigenvalue weighted by atomic mass is 32.2. The van der Waals surface area contributed by atoms with Gasteiger partial charge in [0.1, 0.15) is 29.0 Å². The minimum absolute atomic E-state index is 0.0236. The summed E-state index contributed by atoms with van der Waals surface area (Å²) >= 11 is 0. The summed E-state index contributed by atoms with van der Waals surface area (Å²) in [7, 11) is -2.19. The second kappa shape index (κ2) is 18.2. The monoisotopic (exact) mass is 970 g/mol. The first kappa shape index (κ1) is 47.6. The molecule has 8 aromatic rings. The Hall–Kier alpha value is -7.12.